The topological polar surface area (TPSA) is 36.4 Å². The minimum Gasteiger partial charge on any atom is -0.391 e. The molecule has 2 atom stereocenters. The highest BCUT2D eigenvalue weighted by molar-refractivity contribution is 5.39. The number of aromatic nitrogens is 1. The van der Waals surface area contributed by atoms with Gasteiger partial charge in [-0.15, -0.1) is 0 Å². The molecular formula is C12H18N2O. The van der Waals surface area contributed by atoms with Crippen molar-refractivity contribution in [2.75, 3.05) is 18.0 Å². The summed E-state index contributed by atoms with van der Waals surface area (Å²) < 4.78 is 0. The minimum atomic E-state index is -0.221. The summed E-state index contributed by atoms with van der Waals surface area (Å²) in [6.07, 6.45) is 0.817. The van der Waals surface area contributed by atoms with Crippen LogP contribution in [0.1, 0.15) is 19.0 Å². The molecule has 15 heavy (non-hydrogen) atoms. The highest BCUT2D eigenvalue weighted by Gasteiger charge is 2.24. The lowest BCUT2D eigenvalue weighted by atomic mass is 9.96. The maximum atomic E-state index is 9.81. The summed E-state index contributed by atoms with van der Waals surface area (Å²) in [7, 11) is 0. The van der Waals surface area contributed by atoms with Gasteiger partial charge in [0.25, 0.3) is 0 Å². The fourth-order valence-corrected chi connectivity index (χ4v) is 1.96. The Balaban J connectivity index is 2.12. The van der Waals surface area contributed by atoms with Crippen molar-refractivity contribution < 1.29 is 5.11 Å². The van der Waals surface area contributed by atoms with Crippen LogP contribution in [-0.2, 0) is 0 Å². The summed E-state index contributed by atoms with van der Waals surface area (Å²) in [5.41, 5.74) is 1.03. The molecule has 0 spiro atoms. The number of rotatable bonds is 1. The number of piperidine rings is 1. The molecule has 2 heterocycles. The van der Waals surface area contributed by atoms with Gasteiger partial charge in [-0.3, -0.25) is 0 Å². The Morgan fingerprint density at radius 1 is 1.47 bits per heavy atom. The third-order valence-corrected chi connectivity index (χ3v) is 3.12. The van der Waals surface area contributed by atoms with Gasteiger partial charge in [0.05, 0.1) is 6.10 Å². The molecule has 0 aromatic carbocycles. The average Bonchev–Trinajstić information content (AvgIpc) is 2.22. The van der Waals surface area contributed by atoms with Crippen molar-refractivity contribution in [2.24, 2.45) is 5.92 Å². The smallest absolute Gasteiger partial charge is 0.128 e. The Hall–Kier alpha value is -1.09. The van der Waals surface area contributed by atoms with Crippen LogP contribution >= 0.6 is 0 Å². The standard InChI is InChI=1S/C12H18N2O/c1-9-6-7-14(8-11(9)15)12-5-3-4-10(2)13-12/h3-5,9,11,15H,6-8H2,1-2H3/t9-,11-/m1/s1. The quantitative estimate of drug-likeness (QED) is 0.758. The predicted octanol–water partition coefficient (Wildman–Crippen LogP) is 1.60. The van der Waals surface area contributed by atoms with Crippen molar-refractivity contribution in [2.45, 2.75) is 26.4 Å². The summed E-state index contributed by atoms with van der Waals surface area (Å²) in [5, 5.41) is 9.81. The lowest BCUT2D eigenvalue weighted by molar-refractivity contribution is 0.102. The van der Waals surface area contributed by atoms with Crippen LogP contribution in [-0.4, -0.2) is 29.3 Å². The van der Waals surface area contributed by atoms with Crippen LogP contribution in [0.3, 0.4) is 0 Å². The molecule has 1 saturated heterocycles. The molecule has 2 rings (SSSR count). The molecule has 0 bridgehead atoms. The normalized spacial score (nSPS) is 26.7. The van der Waals surface area contributed by atoms with Gasteiger partial charge in [-0.1, -0.05) is 13.0 Å². The third kappa shape index (κ3) is 2.29. The molecule has 1 fully saturated rings. The van der Waals surface area contributed by atoms with Crippen molar-refractivity contribution in [3.05, 3.63) is 23.9 Å². The average molecular weight is 206 g/mol. The van der Waals surface area contributed by atoms with E-state index in [2.05, 4.69) is 16.8 Å². The Kier molecular flexibility index (Phi) is 2.91. The van der Waals surface area contributed by atoms with Gasteiger partial charge in [-0.2, -0.15) is 0 Å². The first-order valence-corrected chi connectivity index (χ1v) is 5.53. The molecule has 0 aliphatic carbocycles. The molecule has 1 aromatic rings. The predicted molar refractivity (Wildman–Crippen MR) is 61.0 cm³/mol. The van der Waals surface area contributed by atoms with Crippen molar-refractivity contribution in [3.8, 4) is 0 Å². The van der Waals surface area contributed by atoms with Crippen LogP contribution in [0.25, 0.3) is 0 Å². The van der Waals surface area contributed by atoms with Crippen LogP contribution in [0.2, 0.25) is 0 Å². The van der Waals surface area contributed by atoms with Crippen molar-refractivity contribution >= 4 is 5.82 Å². The van der Waals surface area contributed by atoms with Gasteiger partial charge >= 0.3 is 0 Å². The Morgan fingerprint density at radius 3 is 2.93 bits per heavy atom. The zero-order chi connectivity index (χ0) is 10.8. The van der Waals surface area contributed by atoms with Crippen LogP contribution in [0.5, 0.6) is 0 Å². The monoisotopic (exact) mass is 206 g/mol. The summed E-state index contributed by atoms with van der Waals surface area (Å²) in [4.78, 5) is 6.64. The fraction of sp³-hybridized carbons (Fsp3) is 0.583. The molecule has 1 aliphatic heterocycles. The summed E-state index contributed by atoms with van der Waals surface area (Å²) in [6.45, 7) is 5.80. The van der Waals surface area contributed by atoms with E-state index in [4.69, 9.17) is 0 Å². The first-order chi connectivity index (χ1) is 7.16. The molecule has 0 amide bonds. The maximum Gasteiger partial charge on any atom is 0.128 e. The number of aliphatic hydroxyl groups is 1. The van der Waals surface area contributed by atoms with E-state index in [-0.39, 0.29) is 6.10 Å². The van der Waals surface area contributed by atoms with Crippen LogP contribution in [0.15, 0.2) is 18.2 Å². The highest BCUT2D eigenvalue weighted by atomic mass is 16.3. The van der Waals surface area contributed by atoms with E-state index in [1.807, 2.05) is 25.1 Å². The summed E-state index contributed by atoms with van der Waals surface area (Å²) in [6, 6.07) is 6.02. The molecule has 82 valence electrons. The van der Waals surface area contributed by atoms with Crippen LogP contribution < -0.4 is 4.90 Å². The Labute approximate surface area is 90.8 Å². The van der Waals surface area contributed by atoms with Crippen LogP contribution in [0, 0.1) is 12.8 Å². The van der Waals surface area contributed by atoms with E-state index in [1.165, 1.54) is 0 Å². The van der Waals surface area contributed by atoms with Crippen molar-refractivity contribution in [3.63, 3.8) is 0 Å². The maximum absolute atomic E-state index is 9.81. The highest BCUT2D eigenvalue weighted by Crippen LogP contribution is 2.21. The zero-order valence-electron chi connectivity index (χ0n) is 9.35. The molecule has 3 heteroatoms. The number of nitrogens with zero attached hydrogens (tertiary/aromatic N) is 2. The lowest BCUT2D eigenvalue weighted by Crippen LogP contribution is -2.43. The second-order valence-electron chi connectivity index (χ2n) is 4.42. The van der Waals surface area contributed by atoms with Gasteiger partial charge in [0, 0.05) is 18.8 Å². The SMILES string of the molecule is Cc1cccc(N2CC[C@@H](C)[C@H](O)C2)n1. The molecule has 0 unspecified atom stereocenters. The van der Waals surface area contributed by atoms with Gasteiger partial charge in [-0.25, -0.2) is 4.98 Å². The first-order valence-electron chi connectivity index (χ1n) is 5.53. The van der Waals surface area contributed by atoms with E-state index in [0.717, 1.165) is 24.5 Å². The fourth-order valence-electron chi connectivity index (χ4n) is 1.96. The summed E-state index contributed by atoms with van der Waals surface area (Å²) in [5.74, 6) is 1.40. The number of β-amino-alcohol motifs (C(OH)–C–C–N with tert-alkyl or cyclic N) is 1. The van der Waals surface area contributed by atoms with E-state index in [9.17, 15) is 5.11 Å². The zero-order valence-corrected chi connectivity index (χ0v) is 9.35. The van der Waals surface area contributed by atoms with Crippen LogP contribution in [0.4, 0.5) is 5.82 Å². The van der Waals surface area contributed by atoms with E-state index in [0.29, 0.717) is 12.5 Å². The molecular weight excluding hydrogens is 188 g/mol. The van der Waals surface area contributed by atoms with Gasteiger partial charge in [0.2, 0.25) is 0 Å². The van der Waals surface area contributed by atoms with Gasteiger partial charge in [0.15, 0.2) is 0 Å². The first kappa shape index (κ1) is 10.4. The Bertz CT molecular complexity index is 340. The second-order valence-corrected chi connectivity index (χ2v) is 4.42. The molecule has 1 N–H and O–H groups in total. The number of hydrogen-bond acceptors (Lipinski definition) is 3. The van der Waals surface area contributed by atoms with E-state index >= 15 is 0 Å². The second kappa shape index (κ2) is 4.19. The molecule has 0 radical (unpaired) electrons. The van der Waals surface area contributed by atoms with Gasteiger partial charge < -0.3 is 10.0 Å². The molecule has 0 saturated carbocycles. The number of aliphatic hydroxyl groups excluding tert-OH is 1. The van der Waals surface area contributed by atoms with E-state index in [1.54, 1.807) is 0 Å². The number of pyridine rings is 1. The number of hydrogen-bond donors (Lipinski definition) is 1. The van der Waals surface area contributed by atoms with Gasteiger partial charge in [0.1, 0.15) is 5.82 Å². The number of aryl methyl sites for hydroxylation is 1. The van der Waals surface area contributed by atoms with Crippen molar-refractivity contribution in [1.29, 1.82) is 0 Å². The molecule has 1 aromatic heterocycles. The minimum absolute atomic E-state index is 0.221. The Morgan fingerprint density at radius 2 is 2.27 bits per heavy atom. The summed E-state index contributed by atoms with van der Waals surface area (Å²) >= 11 is 0. The third-order valence-electron chi connectivity index (χ3n) is 3.12. The number of anilines is 1. The largest absolute Gasteiger partial charge is 0.391 e. The molecule has 3 nitrogen and oxygen atoms in total. The molecule has 1 aliphatic rings. The van der Waals surface area contributed by atoms with Gasteiger partial charge in [-0.05, 0) is 31.4 Å². The van der Waals surface area contributed by atoms with Crippen molar-refractivity contribution in [1.82, 2.24) is 4.98 Å². The lowest BCUT2D eigenvalue weighted by Gasteiger charge is -2.35. The van der Waals surface area contributed by atoms with E-state index < -0.39 is 0 Å².